The molecule has 1 aliphatic carbocycles. The third-order valence-electron chi connectivity index (χ3n) is 7.18. The molecule has 0 fully saturated rings. The van der Waals surface area contributed by atoms with Gasteiger partial charge >= 0.3 is 6.36 Å². The normalized spacial score (nSPS) is 16.0. The van der Waals surface area contributed by atoms with E-state index in [-0.39, 0.29) is 30.0 Å². The van der Waals surface area contributed by atoms with Gasteiger partial charge in [0.05, 0.1) is 6.54 Å². The van der Waals surface area contributed by atoms with E-state index in [2.05, 4.69) is 55.4 Å². The second kappa shape index (κ2) is 13.7. The summed E-state index contributed by atoms with van der Waals surface area (Å²) in [7, 11) is 1.95. The van der Waals surface area contributed by atoms with Crippen molar-refractivity contribution in [1.29, 1.82) is 0 Å². The van der Waals surface area contributed by atoms with Crippen molar-refractivity contribution in [1.82, 2.24) is 30.1 Å². The molecule has 2 atom stereocenters. The number of nitrogens with zero attached hydrogens (tertiary/aromatic N) is 4. The van der Waals surface area contributed by atoms with Crippen LogP contribution >= 0.6 is 0 Å². The van der Waals surface area contributed by atoms with Crippen molar-refractivity contribution in [3.63, 3.8) is 0 Å². The lowest BCUT2D eigenvalue weighted by atomic mass is 9.92. The fraction of sp³-hybridized carbons (Fsp3) is 0.433. The fourth-order valence-corrected chi connectivity index (χ4v) is 4.95. The van der Waals surface area contributed by atoms with E-state index >= 15 is 0 Å². The predicted molar refractivity (Wildman–Crippen MR) is 152 cm³/mol. The Labute approximate surface area is 238 Å². The third kappa shape index (κ3) is 8.32. The van der Waals surface area contributed by atoms with Crippen molar-refractivity contribution in [3.8, 4) is 5.75 Å². The van der Waals surface area contributed by atoms with Crippen LogP contribution in [0.3, 0.4) is 0 Å². The topological polar surface area (TPSA) is 84.3 Å². The van der Waals surface area contributed by atoms with Crippen molar-refractivity contribution in [2.24, 2.45) is 5.92 Å². The summed E-state index contributed by atoms with van der Waals surface area (Å²) >= 11 is 0. The summed E-state index contributed by atoms with van der Waals surface area (Å²) in [5, 5.41) is 6.33. The number of nitrogens with one attached hydrogen (secondary N) is 2. The summed E-state index contributed by atoms with van der Waals surface area (Å²) < 4.78 is 43.4. The molecule has 41 heavy (non-hydrogen) atoms. The molecule has 3 aromatic rings. The van der Waals surface area contributed by atoms with Crippen LogP contribution in [0.4, 0.5) is 13.2 Å². The maximum atomic E-state index is 12.9. The zero-order valence-corrected chi connectivity index (χ0v) is 23.6. The van der Waals surface area contributed by atoms with E-state index in [9.17, 15) is 18.0 Å². The van der Waals surface area contributed by atoms with Crippen LogP contribution in [-0.2, 0) is 17.8 Å². The van der Waals surface area contributed by atoms with Gasteiger partial charge in [-0.2, -0.15) is 0 Å². The van der Waals surface area contributed by atoms with E-state index in [1.54, 1.807) is 24.4 Å². The SMILES string of the molecule is CCN(CCNC)C1=CCC(C(C)NC(=O)CCc2nc3cccnc3n2Cc2ccc(OC(F)(F)F)cc2)C=C1. The Morgan fingerprint density at radius 3 is 2.68 bits per heavy atom. The number of rotatable bonds is 13. The van der Waals surface area contributed by atoms with Crippen LogP contribution in [0.1, 0.15) is 38.1 Å². The Kier molecular flexibility index (Phi) is 10.0. The first kappa shape index (κ1) is 30.1. The molecule has 0 aliphatic heterocycles. The molecule has 2 unspecified atom stereocenters. The molecule has 8 nitrogen and oxygen atoms in total. The Morgan fingerprint density at radius 1 is 1.24 bits per heavy atom. The Morgan fingerprint density at radius 2 is 2.02 bits per heavy atom. The van der Waals surface area contributed by atoms with E-state index in [1.807, 2.05) is 24.6 Å². The van der Waals surface area contributed by atoms with Gasteiger partial charge in [0.25, 0.3) is 0 Å². The highest BCUT2D eigenvalue weighted by molar-refractivity contribution is 5.77. The Balaban J connectivity index is 1.36. The molecule has 0 radical (unpaired) electrons. The standard InChI is InChI=1S/C30H37F3N6O2/c1-4-38(19-18-34-3)24-11-9-23(10-12-24)21(2)36-28(40)16-15-27-37-26-6-5-17-35-29(26)39(27)20-22-7-13-25(14-8-22)41-30(31,32)33/h5-9,11-14,17,21,23,34H,4,10,15-16,18-20H2,1-3H3,(H,36,40). The van der Waals surface area contributed by atoms with E-state index in [0.29, 0.717) is 30.0 Å². The van der Waals surface area contributed by atoms with Crippen LogP contribution in [-0.4, -0.2) is 64.4 Å². The van der Waals surface area contributed by atoms with Gasteiger partial charge in [-0.1, -0.05) is 24.3 Å². The van der Waals surface area contributed by atoms with Gasteiger partial charge < -0.3 is 24.8 Å². The number of carbonyl (C=O) groups is 1. The molecule has 220 valence electrons. The minimum absolute atomic E-state index is 0.0261. The molecule has 2 aromatic heterocycles. The number of aromatic nitrogens is 3. The van der Waals surface area contributed by atoms with Crippen molar-refractivity contribution >= 4 is 17.1 Å². The lowest BCUT2D eigenvalue weighted by molar-refractivity contribution is -0.274. The van der Waals surface area contributed by atoms with Crippen LogP contribution < -0.4 is 15.4 Å². The number of pyridine rings is 1. The number of ether oxygens (including phenoxy) is 1. The van der Waals surface area contributed by atoms with Crippen molar-refractivity contribution in [2.75, 3.05) is 26.7 Å². The first-order valence-electron chi connectivity index (χ1n) is 13.9. The van der Waals surface area contributed by atoms with Gasteiger partial charge in [0.15, 0.2) is 5.65 Å². The maximum Gasteiger partial charge on any atom is 0.573 e. The smallest absolute Gasteiger partial charge is 0.406 e. The number of alkyl halides is 3. The van der Waals surface area contributed by atoms with Crippen LogP contribution in [0, 0.1) is 5.92 Å². The minimum atomic E-state index is -4.74. The van der Waals surface area contributed by atoms with E-state index in [4.69, 9.17) is 0 Å². The second-order valence-corrected chi connectivity index (χ2v) is 10.1. The summed E-state index contributed by atoms with van der Waals surface area (Å²) in [6.07, 6.45) is 4.99. The van der Waals surface area contributed by atoms with Gasteiger partial charge in [-0.25, -0.2) is 9.97 Å². The third-order valence-corrected chi connectivity index (χ3v) is 7.18. The fourth-order valence-electron chi connectivity index (χ4n) is 4.95. The lowest BCUT2D eigenvalue weighted by Gasteiger charge is -2.29. The first-order valence-corrected chi connectivity index (χ1v) is 13.9. The number of carbonyl (C=O) groups excluding carboxylic acids is 1. The number of allylic oxidation sites excluding steroid dienone is 2. The van der Waals surface area contributed by atoms with E-state index in [1.165, 1.54) is 17.8 Å². The van der Waals surface area contributed by atoms with Crippen molar-refractivity contribution < 1.29 is 22.7 Å². The molecule has 1 aromatic carbocycles. The van der Waals surface area contributed by atoms with Gasteiger partial charge in [0.2, 0.25) is 5.91 Å². The Bertz CT molecular complexity index is 1370. The first-order chi connectivity index (χ1) is 19.7. The quantitative estimate of drug-likeness (QED) is 0.307. The van der Waals surface area contributed by atoms with Gasteiger partial charge in [-0.15, -0.1) is 13.2 Å². The number of likely N-dealkylation sites (N-methyl/N-ethyl adjacent to an activating group) is 2. The molecule has 1 aliphatic rings. The van der Waals surface area contributed by atoms with Gasteiger partial charge in [-0.05, 0) is 63.2 Å². The molecule has 0 saturated heterocycles. The zero-order chi connectivity index (χ0) is 29.4. The van der Waals surface area contributed by atoms with Crippen molar-refractivity contribution in [3.05, 3.63) is 77.9 Å². The molecule has 1 amide bonds. The van der Waals surface area contributed by atoms with Crippen LogP contribution in [0.5, 0.6) is 5.75 Å². The average molecular weight is 571 g/mol. The number of benzene rings is 1. The number of imidazole rings is 1. The minimum Gasteiger partial charge on any atom is -0.406 e. The lowest BCUT2D eigenvalue weighted by Crippen LogP contribution is -2.38. The number of aryl methyl sites for hydroxylation is 1. The largest absolute Gasteiger partial charge is 0.573 e. The highest BCUT2D eigenvalue weighted by Crippen LogP contribution is 2.25. The molecule has 4 rings (SSSR count). The molecule has 2 N–H and O–H groups in total. The number of halogens is 3. The highest BCUT2D eigenvalue weighted by atomic mass is 19.4. The molecule has 0 saturated carbocycles. The molecule has 0 spiro atoms. The summed E-state index contributed by atoms with van der Waals surface area (Å²) in [4.78, 5) is 24.4. The molecular weight excluding hydrogens is 533 g/mol. The molecular formula is C30H37F3N6O2. The number of fused-ring (bicyclic) bond motifs is 1. The summed E-state index contributed by atoms with van der Waals surface area (Å²) in [5.74, 6) is 0.550. The van der Waals surface area contributed by atoms with Crippen molar-refractivity contribution in [2.45, 2.75) is 52.1 Å². The number of hydrogen-bond acceptors (Lipinski definition) is 6. The molecule has 0 bridgehead atoms. The number of hydrogen-bond donors (Lipinski definition) is 2. The van der Waals surface area contributed by atoms with Gasteiger partial charge in [-0.3, -0.25) is 4.79 Å². The highest BCUT2D eigenvalue weighted by Gasteiger charge is 2.31. The van der Waals surface area contributed by atoms with Crippen LogP contribution in [0.15, 0.2) is 66.5 Å². The van der Waals surface area contributed by atoms with Gasteiger partial charge in [0, 0.05) is 56.3 Å². The van der Waals surface area contributed by atoms with E-state index in [0.717, 1.165) is 31.6 Å². The number of amides is 1. The second-order valence-electron chi connectivity index (χ2n) is 10.1. The summed E-state index contributed by atoms with van der Waals surface area (Å²) in [6.45, 7) is 7.31. The van der Waals surface area contributed by atoms with Crippen LogP contribution in [0.2, 0.25) is 0 Å². The average Bonchev–Trinajstić information content (AvgIpc) is 3.30. The summed E-state index contributed by atoms with van der Waals surface area (Å²) in [6, 6.07) is 9.33. The predicted octanol–water partition coefficient (Wildman–Crippen LogP) is 4.82. The molecule has 11 heteroatoms. The monoisotopic (exact) mass is 570 g/mol. The summed E-state index contributed by atoms with van der Waals surface area (Å²) in [5.41, 5.74) is 3.32. The molecule has 2 heterocycles. The van der Waals surface area contributed by atoms with Crippen LogP contribution in [0.25, 0.3) is 11.2 Å². The maximum absolute atomic E-state index is 12.9. The van der Waals surface area contributed by atoms with E-state index < -0.39 is 6.36 Å². The zero-order valence-electron chi connectivity index (χ0n) is 23.6. The Hall–Kier alpha value is -3.86. The van der Waals surface area contributed by atoms with Gasteiger partial charge in [0.1, 0.15) is 17.1 Å².